The summed E-state index contributed by atoms with van der Waals surface area (Å²) in [4.78, 5) is 25.1. The van der Waals surface area contributed by atoms with Gasteiger partial charge < -0.3 is 21.4 Å². The number of carbonyl (C=O) groups excluding carboxylic acids is 2. The molecule has 3 atom stereocenters. The maximum atomic E-state index is 12.7. The highest BCUT2D eigenvalue weighted by atomic mass is 16.2. The topological polar surface area (TPSA) is 94.1 Å². The van der Waals surface area contributed by atoms with Gasteiger partial charge in [0.25, 0.3) is 0 Å². The maximum absolute atomic E-state index is 12.7. The van der Waals surface area contributed by atoms with Crippen LogP contribution in [0.2, 0.25) is 0 Å². The Balaban J connectivity index is 1.48. The van der Waals surface area contributed by atoms with Crippen molar-refractivity contribution < 1.29 is 9.59 Å². The molecule has 1 heterocycles. The van der Waals surface area contributed by atoms with E-state index in [-0.39, 0.29) is 17.9 Å². The zero-order valence-electron chi connectivity index (χ0n) is 17.6. The third kappa shape index (κ3) is 5.76. The van der Waals surface area contributed by atoms with Crippen LogP contribution in [0, 0.1) is 5.41 Å². The van der Waals surface area contributed by atoms with Gasteiger partial charge in [-0.15, -0.1) is 0 Å². The molecule has 0 saturated carbocycles. The van der Waals surface area contributed by atoms with E-state index in [4.69, 9.17) is 5.41 Å². The van der Waals surface area contributed by atoms with Crippen molar-refractivity contribution in [2.24, 2.45) is 0 Å². The summed E-state index contributed by atoms with van der Waals surface area (Å²) in [5.74, 6) is -0.00456. The van der Waals surface area contributed by atoms with Gasteiger partial charge in [-0.3, -0.25) is 9.59 Å². The molecule has 3 rings (SSSR count). The molecule has 0 spiro atoms. The summed E-state index contributed by atoms with van der Waals surface area (Å²) in [5, 5.41) is 16.6. The number of hydrogen-bond acceptors (Lipinski definition) is 4. The van der Waals surface area contributed by atoms with Gasteiger partial charge in [-0.2, -0.15) is 0 Å². The van der Waals surface area contributed by atoms with Crippen LogP contribution in [0.15, 0.2) is 54.6 Å². The zero-order valence-corrected chi connectivity index (χ0v) is 17.6. The number of piperidine rings is 1. The second-order valence-corrected chi connectivity index (χ2v) is 7.91. The van der Waals surface area contributed by atoms with Crippen LogP contribution in [-0.2, 0) is 16.1 Å². The van der Waals surface area contributed by atoms with E-state index < -0.39 is 6.04 Å². The zero-order chi connectivity index (χ0) is 21.5. The van der Waals surface area contributed by atoms with E-state index in [1.165, 1.54) is 5.56 Å². The largest absolute Gasteiger partial charge is 0.350 e. The van der Waals surface area contributed by atoms with E-state index in [1.54, 1.807) is 13.8 Å². The summed E-state index contributed by atoms with van der Waals surface area (Å²) in [6.07, 6.45) is 1.73. The standard InChI is InChI=1S/C24H30N4O2/c1-16(25)19-10-8-18(9-11-19)15-27-23(29)17(2)28-24(30)22-14-21(12-13-26-22)20-6-4-3-5-7-20/h3-11,17,21-22,25-26H,12-15H2,1-2H3,(H,27,29)(H,28,30)/t17-,21-,22+/m0/s1. The Labute approximate surface area is 178 Å². The smallest absolute Gasteiger partial charge is 0.242 e. The van der Waals surface area contributed by atoms with Crippen molar-refractivity contribution in [3.8, 4) is 0 Å². The highest BCUT2D eigenvalue weighted by molar-refractivity contribution is 5.96. The average molecular weight is 407 g/mol. The highest BCUT2D eigenvalue weighted by Crippen LogP contribution is 2.27. The van der Waals surface area contributed by atoms with Gasteiger partial charge in [-0.25, -0.2) is 0 Å². The van der Waals surface area contributed by atoms with Crippen LogP contribution in [0.1, 0.15) is 49.3 Å². The first kappa shape index (κ1) is 21.7. The molecule has 2 aromatic carbocycles. The number of benzene rings is 2. The van der Waals surface area contributed by atoms with Crippen molar-refractivity contribution in [3.05, 3.63) is 71.3 Å². The second kappa shape index (κ2) is 10.2. The number of hydrogen-bond donors (Lipinski definition) is 4. The fourth-order valence-corrected chi connectivity index (χ4v) is 3.74. The predicted octanol–water partition coefficient (Wildman–Crippen LogP) is 2.73. The Morgan fingerprint density at radius 1 is 1.13 bits per heavy atom. The predicted molar refractivity (Wildman–Crippen MR) is 119 cm³/mol. The SMILES string of the molecule is CC(=N)c1ccc(CNC(=O)[C@H](C)NC(=O)[C@H]2C[C@@H](c3ccccc3)CCN2)cc1. The van der Waals surface area contributed by atoms with E-state index in [9.17, 15) is 9.59 Å². The molecular formula is C24H30N4O2. The molecule has 0 radical (unpaired) electrons. The van der Waals surface area contributed by atoms with Crippen LogP contribution >= 0.6 is 0 Å². The fourth-order valence-electron chi connectivity index (χ4n) is 3.74. The molecule has 6 nitrogen and oxygen atoms in total. The van der Waals surface area contributed by atoms with Crippen LogP contribution in [-0.4, -0.2) is 36.2 Å². The van der Waals surface area contributed by atoms with Gasteiger partial charge in [0.2, 0.25) is 11.8 Å². The maximum Gasteiger partial charge on any atom is 0.242 e. The molecule has 2 amide bonds. The lowest BCUT2D eigenvalue weighted by atomic mass is 9.86. The molecule has 2 aromatic rings. The van der Waals surface area contributed by atoms with Crippen LogP contribution in [0.4, 0.5) is 0 Å². The van der Waals surface area contributed by atoms with Gasteiger partial charge in [0.05, 0.1) is 6.04 Å². The first-order valence-electron chi connectivity index (χ1n) is 10.4. The molecule has 0 aliphatic carbocycles. The highest BCUT2D eigenvalue weighted by Gasteiger charge is 2.29. The third-order valence-electron chi connectivity index (χ3n) is 5.60. The number of nitrogens with one attached hydrogen (secondary N) is 4. The molecule has 158 valence electrons. The normalized spacial score (nSPS) is 19.5. The van der Waals surface area contributed by atoms with Crippen LogP contribution < -0.4 is 16.0 Å². The van der Waals surface area contributed by atoms with Crippen molar-refractivity contribution in [1.29, 1.82) is 5.41 Å². The van der Waals surface area contributed by atoms with Crippen molar-refractivity contribution in [2.45, 2.75) is 51.2 Å². The van der Waals surface area contributed by atoms with Crippen molar-refractivity contribution in [3.63, 3.8) is 0 Å². The monoisotopic (exact) mass is 406 g/mol. The number of rotatable bonds is 7. The average Bonchev–Trinajstić information content (AvgIpc) is 2.78. The van der Waals surface area contributed by atoms with E-state index in [0.29, 0.717) is 18.2 Å². The summed E-state index contributed by atoms with van der Waals surface area (Å²) in [5.41, 5.74) is 3.57. The van der Waals surface area contributed by atoms with Gasteiger partial charge in [0.1, 0.15) is 6.04 Å². The molecule has 30 heavy (non-hydrogen) atoms. The third-order valence-corrected chi connectivity index (χ3v) is 5.60. The Hall–Kier alpha value is -2.99. The first-order chi connectivity index (χ1) is 14.4. The van der Waals surface area contributed by atoms with E-state index >= 15 is 0 Å². The van der Waals surface area contributed by atoms with E-state index in [1.807, 2.05) is 42.5 Å². The Bertz CT molecular complexity index is 880. The molecule has 1 aliphatic heterocycles. The van der Waals surface area contributed by atoms with Gasteiger partial charge in [-0.05, 0) is 55.8 Å². The first-order valence-corrected chi connectivity index (χ1v) is 10.4. The Morgan fingerprint density at radius 3 is 2.50 bits per heavy atom. The van der Waals surface area contributed by atoms with E-state index in [0.717, 1.165) is 30.5 Å². The van der Waals surface area contributed by atoms with Crippen LogP contribution in [0.5, 0.6) is 0 Å². The van der Waals surface area contributed by atoms with E-state index in [2.05, 4.69) is 28.1 Å². The van der Waals surface area contributed by atoms with Gasteiger partial charge in [0.15, 0.2) is 0 Å². The van der Waals surface area contributed by atoms with Crippen molar-refractivity contribution in [2.75, 3.05) is 6.54 Å². The summed E-state index contributed by atoms with van der Waals surface area (Å²) in [7, 11) is 0. The Kier molecular flexibility index (Phi) is 7.36. The second-order valence-electron chi connectivity index (χ2n) is 7.91. The minimum atomic E-state index is -0.612. The molecule has 1 aliphatic rings. The lowest BCUT2D eigenvalue weighted by Gasteiger charge is -2.30. The Morgan fingerprint density at radius 2 is 1.83 bits per heavy atom. The van der Waals surface area contributed by atoms with Crippen LogP contribution in [0.3, 0.4) is 0 Å². The molecule has 6 heteroatoms. The minimum absolute atomic E-state index is 0.135. The van der Waals surface area contributed by atoms with Gasteiger partial charge in [0, 0.05) is 12.3 Å². The molecule has 1 saturated heterocycles. The van der Waals surface area contributed by atoms with Crippen LogP contribution in [0.25, 0.3) is 0 Å². The summed E-state index contributed by atoms with van der Waals surface area (Å²) in [6, 6.07) is 16.9. The summed E-state index contributed by atoms with van der Waals surface area (Å²) in [6.45, 7) is 4.61. The lowest BCUT2D eigenvalue weighted by molar-refractivity contribution is -0.130. The van der Waals surface area contributed by atoms with Crippen molar-refractivity contribution in [1.82, 2.24) is 16.0 Å². The van der Waals surface area contributed by atoms with Gasteiger partial charge in [-0.1, -0.05) is 54.6 Å². The fraction of sp³-hybridized carbons (Fsp3) is 0.375. The minimum Gasteiger partial charge on any atom is -0.350 e. The molecular weight excluding hydrogens is 376 g/mol. The van der Waals surface area contributed by atoms with Crippen molar-refractivity contribution >= 4 is 17.5 Å². The quantitative estimate of drug-likeness (QED) is 0.533. The summed E-state index contributed by atoms with van der Waals surface area (Å²) >= 11 is 0. The number of amides is 2. The molecule has 0 unspecified atom stereocenters. The number of carbonyl (C=O) groups is 2. The molecule has 1 fully saturated rings. The molecule has 4 N–H and O–H groups in total. The molecule has 0 bridgehead atoms. The molecule has 0 aromatic heterocycles. The van der Waals surface area contributed by atoms with Gasteiger partial charge >= 0.3 is 0 Å². The lowest BCUT2D eigenvalue weighted by Crippen LogP contribution is -2.53. The summed E-state index contributed by atoms with van der Waals surface area (Å²) < 4.78 is 0.